The highest BCUT2D eigenvalue weighted by Crippen LogP contribution is 2.33. The Bertz CT molecular complexity index is 1170. The van der Waals surface area contributed by atoms with E-state index in [2.05, 4.69) is 0 Å². The summed E-state index contributed by atoms with van der Waals surface area (Å²) in [5, 5.41) is 3.78. The number of hydrogen-bond acceptors (Lipinski definition) is 4. The molecule has 0 aliphatic heterocycles. The summed E-state index contributed by atoms with van der Waals surface area (Å²) in [5.41, 5.74) is 0. The molecular weight excluding hydrogens is 416 g/mol. The van der Waals surface area contributed by atoms with Crippen molar-refractivity contribution in [1.29, 1.82) is 0 Å². The fraction of sp³-hybridized carbons (Fsp3) is 0.167. The molecule has 0 aromatic heterocycles. The van der Waals surface area contributed by atoms with Gasteiger partial charge in [0.2, 0.25) is 0 Å². The van der Waals surface area contributed by atoms with E-state index in [1.54, 1.807) is 14.2 Å². The molecule has 30 heavy (non-hydrogen) atoms. The third-order valence-electron chi connectivity index (χ3n) is 5.04. The lowest BCUT2D eigenvalue weighted by Crippen LogP contribution is -2.11. The molecule has 2 unspecified atom stereocenters. The Balaban J connectivity index is 1.65. The molecule has 0 N–H and O–H groups in total. The third kappa shape index (κ3) is 3.85. The maximum atomic E-state index is 13.3. The molecule has 0 aliphatic rings. The van der Waals surface area contributed by atoms with Gasteiger partial charge in [0, 0.05) is 22.3 Å². The molecule has 0 bridgehead atoms. The number of benzene rings is 4. The van der Waals surface area contributed by atoms with E-state index in [0.29, 0.717) is 21.3 Å². The Morgan fingerprint density at radius 1 is 0.600 bits per heavy atom. The molecular formula is C24H22O4S2. The first-order chi connectivity index (χ1) is 14.6. The van der Waals surface area contributed by atoms with Gasteiger partial charge in [-0.2, -0.15) is 0 Å². The maximum absolute atomic E-state index is 13.3. The normalized spacial score (nSPS) is 13.3. The van der Waals surface area contributed by atoms with Crippen molar-refractivity contribution in [2.45, 2.75) is 9.79 Å². The van der Waals surface area contributed by atoms with Gasteiger partial charge < -0.3 is 9.47 Å². The molecule has 6 heteroatoms. The third-order valence-corrected chi connectivity index (χ3v) is 8.20. The van der Waals surface area contributed by atoms with Crippen LogP contribution >= 0.6 is 0 Å². The average Bonchev–Trinajstić information content (AvgIpc) is 2.80. The molecule has 0 aliphatic carbocycles. The van der Waals surface area contributed by atoms with Crippen LogP contribution in [0.4, 0.5) is 0 Å². The van der Waals surface area contributed by atoms with Crippen LogP contribution in [0.3, 0.4) is 0 Å². The van der Waals surface area contributed by atoms with E-state index in [1.807, 2.05) is 72.8 Å². The second-order valence-corrected chi connectivity index (χ2v) is 9.75. The molecule has 0 heterocycles. The number of rotatable bonds is 7. The summed E-state index contributed by atoms with van der Waals surface area (Å²) in [6, 6.07) is 23.1. The van der Waals surface area contributed by atoms with Gasteiger partial charge in [0.15, 0.2) is 0 Å². The molecule has 4 nitrogen and oxygen atoms in total. The molecule has 0 fully saturated rings. The highest BCUT2D eigenvalue weighted by molar-refractivity contribution is 7.89. The Morgan fingerprint density at radius 3 is 1.40 bits per heavy atom. The van der Waals surface area contributed by atoms with E-state index in [9.17, 15) is 8.42 Å². The quantitative estimate of drug-likeness (QED) is 0.411. The Hall–Kier alpha value is -2.70. The van der Waals surface area contributed by atoms with Gasteiger partial charge in [0.05, 0.1) is 45.6 Å². The summed E-state index contributed by atoms with van der Waals surface area (Å²) >= 11 is 0. The van der Waals surface area contributed by atoms with Gasteiger partial charge in [0.25, 0.3) is 0 Å². The van der Waals surface area contributed by atoms with Crippen molar-refractivity contribution < 1.29 is 17.9 Å². The van der Waals surface area contributed by atoms with Crippen molar-refractivity contribution >= 4 is 43.1 Å². The van der Waals surface area contributed by atoms with Crippen molar-refractivity contribution in [3.8, 4) is 11.5 Å². The van der Waals surface area contributed by atoms with E-state index >= 15 is 0 Å². The minimum absolute atomic E-state index is 0.253. The molecule has 4 aromatic carbocycles. The van der Waals surface area contributed by atoms with Gasteiger partial charge in [-0.25, -0.2) is 0 Å². The largest absolute Gasteiger partial charge is 0.495 e. The van der Waals surface area contributed by atoms with E-state index in [0.717, 1.165) is 21.5 Å². The van der Waals surface area contributed by atoms with Crippen molar-refractivity contribution in [1.82, 2.24) is 0 Å². The van der Waals surface area contributed by atoms with Crippen LogP contribution in [0, 0.1) is 0 Å². The van der Waals surface area contributed by atoms with Crippen LogP contribution in [0.2, 0.25) is 0 Å². The summed E-state index contributed by atoms with van der Waals surface area (Å²) in [4.78, 5) is 1.30. The molecule has 0 radical (unpaired) electrons. The fourth-order valence-electron chi connectivity index (χ4n) is 3.59. The van der Waals surface area contributed by atoms with Crippen LogP contribution < -0.4 is 9.47 Å². The van der Waals surface area contributed by atoms with Crippen molar-refractivity contribution in [3.63, 3.8) is 0 Å². The highest BCUT2D eigenvalue weighted by atomic mass is 32.2. The van der Waals surface area contributed by atoms with Crippen molar-refractivity contribution in [3.05, 3.63) is 72.8 Å². The van der Waals surface area contributed by atoms with Crippen LogP contribution in [0.15, 0.2) is 82.6 Å². The minimum atomic E-state index is -1.36. The van der Waals surface area contributed by atoms with Crippen molar-refractivity contribution in [2.75, 3.05) is 25.7 Å². The first kappa shape index (κ1) is 20.6. The molecule has 2 atom stereocenters. The molecule has 0 saturated carbocycles. The molecule has 4 rings (SSSR count). The van der Waals surface area contributed by atoms with Crippen LogP contribution in [0.25, 0.3) is 21.5 Å². The highest BCUT2D eigenvalue weighted by Gasteiger charge is 2.19. The summed E-state index contributed by atoms with van der Waals surface area (Å²) < 4.78 is 37.5. The second-order valence-electron chi connectivity index (χ2n) is 6.74. The monoisotopic (exact) mass is 438 g/mol. The predicted molar refractivity (Wildman–Crippen MR) is 124 cm³/mol. The van der Waals surface area contributed by atoms with Gasteiger partial charge in [-0.3, -0.25) is 8.42 Å². The minimum Gasteiger partial charge on any atom is -0.495 e. The molecule has 154 valence electrons. The summed E-state index contributed by atoms with van der Waals surface area (Å²) in [6.45, 7) is 0. The number of methoxy groups -OCH3 is 2. The average molecular weight is 439 g/mol. The molecule has 0 spiro atoms. The van der Waals surface area contributed by atoms with Crippen LogP contribution in [-0.2, 0) is 21.6 Å². The molecule has 0 amide bonds. The van der Waals surface area contributed by atoms with E-state index in [-0.39, 0.29) is 11.5 Å². The van der Waals surface area contributed by atoms with Gasteiger partial charge >= 0.3 is 0 Å². The standard InChI is InChI=1S/C24H22O4S2/c1-27-21-13-11-17-7-3-5-9-19(17)23(21)29(25)15-16-30(26)24-20-10-6-4-8-18(20)12-14-22(24)28-2/h3-14H,15-16H2,1-2H3. The Morgan fingerprint density at radius 2 is 1.00 bits per heavy atom. The first-order valence-corrected chi connectivity index (χ1v) is 12.2. The first-order valence-electron chi connectivity index (χ1n) is 9.52. The smallest absolute Gasteiger partial charge is 0.135 e. The van der Waals surface area contributed by atoms with E-state index < -0.39 is 21.6 Å². The number of hydrogen-bond donors (Lipinski definition) is 0. The van der Waals surface area contributed by atoms with Crippen LogP contribution in [0.5, 0.6) is 11.5 Å². The summed E-state index contributed by atoms with van der Waals surface area (Å²) in [7, 11) is 0.417. The SMILES string of the molecule is COc1ccc2ccccc2c1S(=O)CCS(=O)c1c(OC)ccc2ccccc12. The van der Waals surface area contributed by atoms with E-state index in [1.165, 1.54) is 0 Å². The zero-order chi connectivity index (χ0) is 21.1. The van der Waals surface area contributed by atoms with Gasteiger partial charge in [-0.15, -0.1) is 0 Å². The van der Waals surface area contributed by atoms with Crippen LogP contribution in [0.1, 0.15) is 0 Å². The number of fused-ring (bicyclic) bond motifs is 2. The fourth-order valence-corrected chi connectivity index (χ4v) is 6.83. The summed E-state index contributed by atoms with van der Waals surface area (Å²) in [5.74, 6) is 1.67. The lowest BCUT2D eigenvalue weighted by molar-refractivity contribution is 0.405. The van der Waals surface area contributed by atoms with Crippen molar-refractivity contribution in [2.24, 2.45) is 0 Å². The lowest BCUT2D eigenvalue weighted by atomic mass is 10.1. The van der Waals surface area contributed by atoms with Gasteiger partial charge in [-0.1, -0.05) is 60.7 Å². The number of ether oxygens (including phenoxy) is 2. The zero-order valence-electron chi connectivity index (χ0n) is 16.8. The topological polar surface area (TPSA) is 52.6 Å². The van der Waals surface area contributed by atoms with E-state index in [4.69, 9.17) is 9.47 Å². The Kier molecular flexibility index (Phi) is 6.16. The summed E-state index contributed by atoms with van der Waals surface area (Å²) in [6.07, 6.45) is 0. The van der Waals surface area contributed by atoms with Gasteiger partial charge in [-0.05, 0) is 22.9 Å². The predicted octanol–water partition coefficient (Wildman–Crippen LogP) is 4.93. The van der Waals surface area contributed by atoms with Gasteiger partial charge in [0.1, 0.15) is 11.5 Å². The Labute approximate surface area is 180 Å². The molecule has 4 aromatic rings. The maximum Gasteiger partial charge on any atom is 0.135 e. The molecule has 0 saturated heterocycles. The lowest BCUT2D eigenvalue weighted by Gasteiger charge is -2.13. The second kappa shape index (κ2) is 8.98. The zero-order valence-corrected chi connectivity index (χ0v) is 18.4. The van der Waals surface area contributed by atoms with Crippen LogP contribution in [-0.4, -0.2) is 34.1 Å².